The largest absolute Gasteiger partial charge is 0.396 e. The number of hydrogen-bond donors (Lipinski definition) is 1. The normalized spacial score (nSPS) is 28.0. The first kappa shape index (κ1) is 13.8. The van der Waals surface area contributed by atoms with Crippen LogP contribution in [0.25, 0.3) is 0 Å². The number of sulfonamides is 1. The number of aromatic nitrogens is 1. The van der Waals surface area contributed by atoms with Gasteiger partial charge in [-0.25, -0.2) is 13.4 Å². The molecule has 0 spiro atoms. The number of nitrogens with zero attached hydrogens (tertiary/aromatic N) is 2. The maximum absolute atomic E-state index is 12.7. The molecule has 2 aliphatic rings. The summed E-state index contributed by atoms with van der Waals surface area (Å²) in [6, 6.07) is 3.25. The Bertz CT molecular complexity index is 588. The highest BCUT2D eigenvalue weighted by Gasteiger charge is 2.37. The lowest BCUT2D eigenvalue weighted by Crippen LogP contribution is -2.45. The van der Waals surface area contributed by atoms with Crippen molar-refractivity contribution in [1.29, 1.82) is 0 Å². The lowest BCUT2D eigenvalue weighted by molar-refractivity contribution is 0.136. The van der Waals surface area contributed by atoms with Crippen molar-refractivity contribution < 1.29 is 8.42 Å². The van der Waals surface area contributed by atoms with Crippen LogP contribution in [0, 0.1) is 11.8 Å². The van der Waals surface area contributed by atoms with Gasteiger partial charge in [0.2, 0.25) is 0 Å². The number of nitrogens with two attached hydrogens (primary N) is 1. The smallest absolute Gasteiger partial charge is 0.262 e. The highest BCUT2D eigenvalue weighted by atomic mass is 32.2. The van der Waals surface area contributed by atoms with Crippen LogP contribution in [0.3, 0.4) is 0 Å². The van der Waals surface area contributed by atoms with E-state index in [1.807, 2.05) is 0 Å². The fourth-order valence-electron chi connectivity index (χ4n) is 3.53. The van der Waals surface area contributed by atoms with E-state index in [-0.39, 0.29) is 10.7 Å². The van der Waals surface area contributed by atoms with Crippen LogP contribution in [0.5, 0.6) is 0 Å². The van der Waals surface area contributed by atoms with Crippen molar-refractivity contribution in [1.82, 2.24) is 9.29 Å². The molecule has 1 aromatic heterocycles. The van der Waals surface area contributed by atoms with Gasteiger partial charge in [-0.3, -0.25) is 0 Å². The summed E-state index contributed by atoms with van der Waals surface area (Å²) in [4.78, 5) is 3.97. The first-order valence-corrected chi connectivity index (χ1v) is 8.73. The van der Waals surface area contributed by atoms with E-state index in [1.165, 1.54) is 25.5 Å². The first-order chi connectivity index (χ1) is 9.59. The van der Waals surface area contributed by atoms with Crippen molar-refractivity contribution in [2.45, 2.75) is 37.1 Å². The molecular weight excluding hydrogens is 274 g/mol. The Hall–Kier alpha value is -1.14. The van der Waals surface area contributed by atoms with Crippen LogP contribution in [0.4, 0.5) is 5.69 Å². The standard InChI is InChI=1S/C14H21N3O2S/c15-13-6-3-8-16-14(13)20(18,19)17-9-7-11-4-1-2-5-12(11)10-17/h3,6,8,11-12H,1-2,4-5,7,9-10,15H2. The third kappa shape index (κ3) is 2.42. The molecule has 2 fully saturated rings. The molecule has 1 saturated heterocycles. The van der Waals surface area contributed by atoms with Crippen molar-refractivity contribution in [2.75, 3.05) is 18.8 Å². The Morgan fingerprint density at radius 3 is 2.70 bits per heavy atom. The molecule has 2 atom stereocenters. The lowest BCUT2D eigenvalue weighted by Gasteiger charge is -2.40. The topological polar surface area (TPSA) is 76.3 Å². The quantitative estimate of drug-likeness (QED) is 0.903. The van der Waals surface area contributed by atoms with Crippen molar-refractivity contribution in [3.05, 3.63) is 18.3 Å². The van der Waals surface area contributed by atoms with Gasteiger partial charge in [0.1, 0.15) is 0 Å². The van der Waals surface area contributed by atoms with Crippen LogP contribution in [0.2, 0.25) is 0 Å². The van der Waals surface area contributed by atoms with Gasteiger partial charge in [0.15, 0.2) is 5.03 Å². The van der Waals surface area contributed by atoms with E-state index in [0.29, 0.717) is 24.9 Å². The number of anilines is 1. The number of pyridine rings is 1. The van der Waals surface area contributed by atoms with Crippen molar-refractivity contribution >= 4 is 15.7 Å². The highest BCUT2D eigenvalue weighted by Crippen LogP contribution is 2.37. The average Bonchev–Trinajstić information content (AvgIpc) is 2.47. The van der Waals surface area contributed by atoms with E-state index in [4.69, 9.17) is 5.73 Å². The third-order valence-corrected chi connectivity index (χ3v) is 6.48. The Labute approximate surface area is 120 Å². The molecule has 1 aromatic rings. The monoisotopic (exact) mass is 295 g/mol. The van der Waals surface area contributed by atoms with E-state index in [9.17, 15) is 8.42 Å². The van der Waals surface area contributed by atoms with E-state index in [2.05, 4.69) is 4.98 Å². The summed E-state index contributed by atoms with van der Waals surface area (Å²) >= 11 is 0. The summed E-state index contributed by atoms with van der Waals surface area (Å²) in [5.74, 6) is 1.22. The van der Waals surface area contributed by atoms with Gasteiger partial charge < -0.3 is 5.73 Å². The van der Waals surface area contributed by atoms with Crippen LogP contribution in [-0.4, -0.2) is 30.8 Å². The fraction of sp³-hybridized carbons (Fsp3) is 0.643. The van der Waals surface area contributed by atoms with Crippen molar-refractivity contribution in [3.8, 4) is 0 Å². The van der Waals surface area contributed by atoms with Gasteiger partial charge in [-0.15, -0.1) is 0 Å². The third-order valence-electron chi connectivity index (χ3n) is 4.64. The van der Waals surface area contributed by atoms with Crippen LogP contribution in [0.1, 0.15) is 32.1 Å². The molecule has 2 N–H and O–H groups in total. The maximum atomic E-state index is 12.7. The molecule has 20 heavy (non-hydrogen) atoms. The molecule has 1 aliphatic heterocycles. The Morgan fingerprint density at radius 2 is 1.95 bits per heavy atom. The number of fused-ring (bicyclic) bond motifs is 1. The van der Waals surface area contributed by atoms with Crippen molar-refractivity contribution in [3.63, 3.8) is 0 Å². The Morgan fingerprint density at radius 1 is 1.20 bits per heavy atom. The van der Waals surface area contributed by atoms with Crippen LogP contribution in [0.15, 0.2) is 23.4 Å². The Balaban J connectivity index is 1.84. The zero-order chi connectivity index (χ0) is 14.2. The molecule has 110 valence electrons. The minimum absolute atomic E-state index is 0.00857. The van der Waals surface area contributed by atoms with Gasteiger partial charge in [0, 0.05) is 19.3 Å². The van der Waals surface area contributed by atoms with E-state index in [0.717, 1.165) is 12.8 Å². The number of nitrogen functional groups attached to an aromatic ring is 1. The van der Waals surface area contributed by atoms with Gasteiger partial charge in [0.25, 0.3) is 10.0 Å². The second-order valence-electron chi connectivity index (χ2n) is 5.85. The summed E-state index contributed by atoms with van der Waals surface area (Å²) in [6.07, 6.45) is 7.37. The summed E-state index contributed by atoms with van der Waals surface area (Å²) in [5, 5.41) is 0.00857. The molecule has 3 rings (SSSR count). The second-order valence-corrected chi connectivity index (χ2v) is 7.71. The summed E-state index contributed by atoms with van der Waals surface area (Å²) in [5.41, 5.74) is 6.01. The minimum atomic E-state index is -3.55. The average molecular weight is 295 g/mol. The minimum Gasteiger partial charge on any atom is -0.396 e. The number of hydrogen-bond acceptors (Lipinski definition) is 4. The van der Waals surface area contributed by atoms with E-state index < -0.39 is 10.0 Å². The summed E-state index contributed by atoms with van der Waals surface area (Å²) in [6.45, 7) is 1.22. The molecule has 5 nitrogen and oxygen atoms in total. The second kappa shape index (κ2) is 5.33. The predicted octanol–water partition coefficient (Wildman–Crippen LogP) is 1.86. The van der Waals surface area contributed by atoms with Gasteiger partial charge in [0.05, 0.1) is 5.69 Å². The number of rotatable bonds is 2. The molecule has 6 heteroatoms. The maximum Gasteiger partial charge on any atom is 0.262 e. The van der Waals surface area contributed by atoms with Gasteiger partial charge in [-0.1, -0.05) is 19.3 Å². The molecule has 0 amide bonds. The molecule has 0 bridgehead atoms. The van der Waals surface area contributed by atoms with Gasteiger partial charge in [-0.05, 0) is 36.8 Å². The molecule has 0 radical (unpaired) electrons. The zero-order valence-corrected chi connectivity index (χ0v) is 12.3. The molecule has 1 aliphatic carbocycles. The van der Waals surface area contributed by atoms with E-state index in [1.54, 1.807) is 16.4 Å². The SMILES string of the molecule is Nc1cccnc1S(=O)(=O)N1CCC2CCCCC2C1. The Kier molecular flexibility index (Phi) is 3.69. The molecule has 2 heterocycles. The lowest BCUT2D eigenvalue weighted by atomic mass is 9.76. The van der Waals surface area contributed by atoms with Crippen molar-refractivity contribution in [2.24, 2.45) is 11.8 Å². The summed E-state index contributed by atoms with van der Waals surface area (Å²) < 4.78 is 26.9. The molecular formula is C14H21N3O2S. The highest BCUT2D eigenvalue weighted by molar-refractivity contribution is 7.89. The molecule has 0 aromatic carbocycles. The van der Waals surface area contributed by atoms with Crippen LogP contribution in [-0.2, 0) is 10.0 Å². The zero-order valence-electron chi connectivity index (χ0n) is 11.5. The van der Waals surface area contributed by atoms with Gasteiger partial charge in [-0.2, -0.15) is 4.31 Å². The van der Waals surface area contributed by atoms with E-state index >= 15 is 0 Å². The predicted molar refractivity (Wildman–Crippen MR) is 77.5 cm³/mol. The molecule has 2 unspecified atom stereocenters. The van der Waals surface area contributed by atoms with Gasteiger partial charge >= 0.3 is 0 Å². The number of piperidine rings is 1. The fourth-order valence-corrected chi connectivity index (χ4v) is 5.06. The van der Waals surface area contributed by atoms with Crippen LogP contribution < -0.4 is 5.73 Å². The van der Waals surface area contributed by atoms with Crippen LogP contribution >= 0.6 is 0 Å². The molecule has 1 saturated carbocycles. The first-order valence-electron chi connectivity index (χ1n) is 7.29. The summed E-state index contributed by atoms with van der Waals surface area (Å²) in [7, 11) is -3.55.